The number of aliphatic carboxylic acids is 1. The fourth-order valence-corrected chi connectivity index (χ4v) is 1.82. The summed E-state index contributed by atoms with van der Waals surface area (Å²) in [4.78, 5) is 24.0. The number of amides is 1. The second-order valence-electron chi connectivity index (χ2n) is 4.05. The Morgan fingerprint density at radius 2 is 1.95 bits per heavy atom. The van der Waals surface area contributed by atoms with Gasteiger partial charge in [-0.05, 0) is 30.7 Å². The zero-order chi connectivity index (χ0) is 13.8. The van der Waals surface area contributed by atoms with Crippen LogP contribution >= 0.6 is 11.6 Å². The maximum absolute atomic E-state index is 11.8. The Morgan fingerprint density at radius 3 is 2.47 bits per heavy atom. The summed E-state index contributed by atoms with van der Waals surface area (Å²) >= 11 is 5.73. The quantitative estimate of drug-likeness (QED) is 0.905. The number of halogens is 1. The van der Waals surface area contributed by atoms with E-state index in [0.717, 1.165) is 0 Å². The number of ether oxygens (including phenoxy) is 1. The standard InChI is InChI=1S/C13H12ClNO4/c14-10-1-3-11(4-2-10)19-13(18)15-7-5-9(6-8-15)12(16)17/h1-5H,6-8H2,(H,16,17). The molecule has 0 radical (unpaired) electrons. The summed E-state index contributed by atoms with van der Waals surface area (Å²) in [6.45, 7) is 0.582. The van der Waals surface area contributed by atoms with Crippen LogP contribution in [0.4, 0.5) is 4.79 Å². The lowest BCUT2D eigenvalue weighted by Crippen LogP contribution is -2.37. The van der Waals surface area contributed by atoms with Crippen LogP contribution in [0.1, 0.15) is 6.42 Å². The van der Waals surface area contributed by atoms with Gasteiger partial charge in [-0.25, -0.2) is 9.59 Å². The van der Waals surface area contributed by atoms with Gasteiger partial charge in [0.05, 0.1) is 0 Å². The molecule has 0 saturated heterocycles. The highest BCUT2D eigenvalue weighted by Gasteiger charge is 2.21. The predicted octanol–water partition coefficient (Wildman–Crippen LogP) is 2.56. The third-order valence-corrected chi connectivity index (χ3v) is 3.01. The SMILES string of the molecule is O=C(O)C1=CCN(C(=O)Oc2ccc(Cl)cc2)CC1. The highest BCUT2D eigenvalue weighted by molar-refractivity contribution is 6.30. The van der Waals surface area contributed by atoms with Crippen LogP contribution in [0.2, 0.25) is 5.02 Å². The zero-order valence-corrected chi connectivity index (χ0v) is 10.8. The minimum absolute atomic E-state index is 0.244. The molecule has 1 heterocycles. The molecule has 0 bridgehead atoms. The Balaban J connectivity index is 1.95. The lowest BCUT2D eigenvalue weighted by Gasteiger charge is -2.24. The van der Waals surface area contributed by atoms with Crippen molar-refractivity contribution in [3.8, 4) is 5.75 Å². The number of hydrogen-bond acceptors (Lipinski definition) is 3. The number of carboxylic acids is 1. The Morgan fingerprint density at radius 1 is 1.26 bits per heavy atom. The molecular formula is C13H12ClNO4. The molecule has 0 fully saturated rings. The molecule has 0 atom stereocenters. The lowest BCUT2D eigenvalue weighted by molar-refractivity contribution is -0.133. The first-order valence-corrected chi connectivity index (χ1v) is 6.08. The molecule has 5 nitrogen and oxygen atoms in total. The highest BCUT2D eigenvalue weighted by atomic mass is 35.5. The van der Waals surface area contributed by atoms with Gasteiger partial charge in [-0.2, -0.15) is 0 Å². The van der Waals surface area contributed by atoms with Gasteiger partial charge in [0.1, 0.15) is 5.75 Å². The molecule has 0 aliphatic carbocycles. The molecule has 1 N–H and O–H groups in total. The molecule has 1 aromatic carbocycles. The summed E-state index contributed by atoms with van der Waals surface area (Å²) < 4.78 is 5.16. The van der Waals surface area contributed by atoms with Crippen molar-refractivity contribution >= 4 is 23.7 Å². The molecule has 1 aliphatic heterocycles. The Bertz CT molecular complexity index is 524. The normalized spacial score (nSPS) is 14.8. The predicted molar refractivity (Wildman–Crippen MR) is 69.4 cm³/mol. The van der Waals surface area contributed by atoms with E-state index in [2.05, 4.69) is 0 Å². The minimum atomic E-state index is -0.939. The van der Waals surface area contributed by atoms with Crippen LogP contribution < -0.4 is 4.74 Å². The van der Waals surface area contributed by atoms with Gasteiger partial charge in [0.2, 0.25) is 0 Å². The van der Waals surface area contributed by atoms with Gasteiger partial charge < -0.3 is 14.7 Å². The lowest BCUT2D eigenvalue weighted by atomic mass is 10.1. The number of rotatable bonds is 2. The van der Waals surface area contributed by atoms with E-state index in [1.165, 1.54) is 11.0 Å². The molecule has 0 unspecified atom stereocenters. The third kappa shape index (κ3) is 3.48. The van der Waals surface area contributed by atoms with E-state index in [1.54, 1.807) is 24.3 Å². The monoisotopic (exact) mass is 281 g/mol. The van der Waals surface area contributed by atoms with Crippen molar-refractivity contribution in [2.75, 3.05) is 13.1 Å². The molecule has 6 heteroatoms. The summed E-state index contributed by atoms with van der Waals surface area (Å²) in [7, 11) is 0. The summed E-state index contributed by atoms with van der Waals surface area (Å²) in [5, 5.41) is 9.37. The van der Waals surface area contributed by atoms with E-state index in [0.29, 0.717) is 29.3 Å². The zero-order valence-electron chi connectivity index (χ0n) is 10.0. The molecule has 0 saturated carbocycles. The van der Waals surface area contributed by atoms with Crippen molar-refractivity contribution in [1.29, 1.82) is 0 Å². The fourth-order valence-electron chi connectivity index (χ4n) is 1.70. The fraction of sp³-hybridized carbons (Fsp3) is 0.231. The largest absolute Gasteiger partial charge is 0.478 e. The highest BCUT2D eigenvalue weighted by Crippen LogP contribution is 2.18. The molecule has 19 heavy (non-hydrogen) atoms. The molecule has 2 rings (SSSR count). The second kappa shape index (κ2) is 5.75. The maximum atomic E-state index is 11.8. The van der Waals surface area contributed by atoms with Crippen LogP contribution in [0, 0.1) is 0 Å². The number of carbonyl (C=O) groups is 2. The number of carboxylic acid groups (broad SMARTS) is 1. The Kier molecular flexibility index (Phi) is 4.06. The first-order valence-electron chi connectivity index (χ1n) is 5.71. The minimum Gasteiger partial charge on any atom is -0.478 e. The molecular weight excluding hydrogens is 270 g/mol. The summed E-state index contributed by atoms with van der Waals surface area (Å²) in [5.41, 5.74) is 0.329. The average Bonchev–Trinajstić information content (AvgIpc) is 2.41. The first kappa shape index (κ1) is 13.4. The topological polar surface area (TPSA) is 66.8 Å². The van der Waals surface area contributed by atoms with E-state index >= 15 is 0 Å². The van der Waals surface area contributed by atoms with Crippen molar-refractivity contribution in [2.45, 2.75) is 6.42 Å². The van der Waals surface area contributed by atoms with Crippen LogP contribution in [0.5, 0.6) is 5.75 Å². The molecule has 100 valence electrons. The third-order valence-electron chi connectivity index (χ3n) is 2.76. The van der Waals surface area contributed by atoms with E-state index in [-0.39, 0.29) is 6.54 Å². The molecule has 0 spiro atoms. The van der Waals surface area contributed by atoms with Crippen molar-refractivity contribution in [3.05, 3.63) is 40.9 Å². The number of carbonyl (C=O) groups excluding carboxylic acids is 1. The smallest absolute Gasteiger partial charge is 0.415 e. The Hall–Kier alpha value is -2.01. The van der Waals surface area contributed by atoms with E-state index in [4.69, 9.17) is 21.4 Å². The van der Waals surface area contributed by atoms with E-state index in [9.17, 15) is 9.59 Å². The van der Waals surface area contributed by atoms with Gasteiger partial charge in [0.25, 0.3) is 0 Å². The van der Waals surface area contributed by atoms with Crippen LogP contribution in [-0.4, -0.2) is 35.2 Å². The number of nitrogens with zero attached hydrogens (tertiary/aromatic N) is 1. The summed E-state index contributed by atoms with van der Waals surface area (Å²) in [6, 6.07) is 6.46. The van der Waals surface area contributed by atoms with Crippen LogP contribution in [0.25, 0.3) is 0 Å². The number of hydrogen-bond donors (Lipinski definition) is 1. The van der Waals surface area contributed by atoms with Crippen molar-refractivity contribution in [1.82, 2.24) is 4.90 Å². The molecule has 1 amide bonds. The first-order chi connectivity index (χ1) is 9.06. The summed E-state index contributed by atoms with van der Waals surface area (Å²) in [5.74, 6) is -0.534. The average molecular weight is 282 g/mol. The van der Waals surface area contributed by atoms with Gasteiger partial charge >= 0.3 is 12.1 Å². The second-order valence-corrected chi connectivity index (χ2v) is 4.49. The van der Waals surface area contributed by atoms with Crippen molar-refractivity contribution < 1.29 is 19.4 Å². The summed E-state index contributed by atoms with van der Waals surface area (Å²) in [6.07, 6.45) is 1.35. The van der Waals surface area contributed by atoms with Gasteiger partial charge in [0, 0.05) is 23.7 Å². The van der Waals surface area contributed by atoms with Crippen LogP contribution in [0.15, 0.2) is 35.9 Å². The molecule has 1 aliphatic rings. The Labute approximate surface area is 115 Å². The van der Waals surface area contributed by atoms with Crippen molar-refractivity contribution in [3.63, 3.8) is 0 Å². The molecule has 1 aromatic rings. The maximum Gasteiger partial charge on any atom is 0.415 e. The molecule has 0 aromatic heterocycles. The van der Waals surface area contributed by atoms with Gasteiger partial charge in [-0.3, -0.25) is 0 Å². The van der Waals surface area contributed by atoms with Crippen molar-refractivity contribution in [2.24, 2.45) is 0 Å². The van der Waals surface area contributed by atoms with Crippen LogP contribution in [-0.2, 0) is 4.79 Å². The van der Waals surface area contributed by atoms with Gasteiger partial charge in [-0.1, -0.05) is 17.7 Å². The van der Waals surface area contributed by atoms with E-state index < -0.39 is 12.1 Å². The van der Waals surface area contributed by atoms with E-state index in [1.807, 2.05) is 0 Å². The number of benzene rings is 1. The van der Waals surface area contributed by atoms with Gasteiger partial charge in [0.15, 0.2) is 0 Å². The van der Waals surface area contributed by atoms with Crippen LogP contribution in [0.3, 0.4) is 0 Å². The van der Waals surface area contributed by atoms with Gasteiger partial charge in [-0.15, -0.1) is 0 Å².